The number of methoxy groups -OCH3 is 1. The van der Waals surface area contributed by atoms with Gasteiger partial charge in [0.2, 0.25) is 11.8 Å². The maximum absolute atomic E-state index is 13.1. The van der Waals surface area contributed by atoms with Crippen LogP contribution < -0.4 is 15.0 Å². The Labute approximate surface area is 195 Å². The number of piperazine rings is 2. The van der Waals surface area contributed by atoms with Crippen LogP contribution in [0.5, 0.6) is 5.75 Å². The van der Waals surface area contributed by atoms with Crippen LogP contribution in [0.15, 0.2) is 36.5 Å². The van der Waals surface area contributed by atoms with Gasteiger partial charge in [0.05, 0.1) is 19.6 Å². The number of carbonyl (C=O) groups is 2. The second-order valence-corrected chi connectivity index (χ2v) is 8.71. The van der Waals surface area contributed by atoms with E-state index in [1.165, 1.54) is 0 Å². The van der Waals surface area contributed by atoms with Gasteiger partial charge in [0.1, 0.15) is 11.6 Å². The van der Waals surface area contributed by atoms with Crippen molar-refractivity contribution < 1.29 is 14.3 Å². The maximum atomic E-state index is 13.1. The van der Waals surface area contributed by atoms with Crippen molar-refractivity contribution in [1.82, 2.24) is 20.1 Å². The van der Waals surface area contributed by atoms with Gasteiger partial charge in [-0.1, -0.05) is 12.1 Å². The van der Waals surface area contributed by atoms with Gasteiger partial charge < -0.3 is 19.9 Å². The molecule has 2 aliphatic rings. The van der Waals surface area contributed by atoms with Crippen molar-refractivity contribution in [2.24, 2.45) is 0 Å². The number of benzene rings is 1. The Morgan fingerprint density at radius 1 is 1.09 bits per heavy atom. The molecule has 1 aromatic carbocycles. The summed E-state index contributed by atoms with van der Waals surface area (Å²) in [6, 6.07) is 9.44. The molecular weight excluding hydrogens is 418 g/mol. The predicted molar refractivity (Wildman–Crippen MR) is 127 cm³/mol. The molecular formula is C25H33N5O3. The summed E-state index contributed by atoms with van der Waals surface area (Å²) in [6.45, 7) is 8.85. The Bertz CT molecular complexity index is 989. The molecule has 2 aliphatic heterocycles. The normalized spacial score (nSPS) is 19.4. The van der Waals surface area contributed by atoms with E-state index in [-0.39, 0.29) is 18.2 Å². The predicted octanol–water partition coefficient (Wildman–Crippen LogP) is 1.75. The Morgan fingerprint density at radius 2 is 1.88 bits per heavy atom. The number of nitrogens with one attached hydrogen (secondary N) is 1. The fourth-order valence-corrected chi connectivity index (χ4v) is 4.66. The van der Waals surface area contributed by atoms with Gasteiger partial charge in [-0.05, 0) is 48.7 Å². The number of nitrogens with zero attached hydrogens (tertiary/aromatic N) is 4. The van der Waals surface area contributed by atoms with E-state index in [2.05, 4.69) is 33.1 Å². The molecule has 2 amide bonds. The third kappa shape index (κ3) is 5.11. The van der Waals surface area contributed by atoms with Gasteiger partial charge in [-0.15, -0.1) is 0 Å². The lowest BCUT2D eigenvalue weighted by molar-refractivity contribution is -0.139. The summed E-state index contributed by atoms with van der Waals surface area (Å²) in [4.78, 5) is 36.5. The number of carbonyl (C=O) groups excluding carboxylic acids is 2. The fourth-order valence-electron chi connectivity index (χ4n) is 4.66. The highest BCUT2D eigenvalue weighted by atomic mass is 16.5. The first-order valence-electron chi connectivity index (χ1n) is 11.6. The molecule has 2 aromatic rings. The molecule has 2 fully saturated rings. The van der Waals surface area contributed by atoms with Crippen LogP contribution in [0.4, 0.5) is 5.82 Å². The topological polar surface area (TPSA) is 78.0 Å². The molecule has 8 heteroatoms. The van der Waals surface area contributed by atoms with Crippen molar-refractivity contribution in [2.45, 2.75) is 32.9 Å². The van der Waals surface area contributed by atoms with E-state index in [0.717, 1.165) is 47.9 Å². The number of amides is 2. The molecule has 0 unspecified atom stereocenters. The Morgan fingerprint density at radius 3 is 2.58 bits per heavy atom. The van der Waals surface area contributed by atoms with Crippen LogP contribution in [-0.2, 0) is 16.1 Å². The second kappa shape index (κ2) is 10.2. The zero-order valence-corrected chi connectivity index (χ0v) is 19.7. The van der Waals surface area contributed by atoms with Crippen LogP contribution in [0.25, 0.3) is 0 Å². The van der Waals surface area contributed by atoms with Gasteiger partial charge in [0, 0.05) is 52.0 Å². The number of hydrogen-bond acceptors (Lipinski definition) is 6. The van der Waals surface area contributed by atoms with E-state index in [1.54, 1.807) is 13.3 Å². The quantitative estimate of drug-likeness (QED) is 0.721. The van der Waals surface area contributed by atoms with Gasteiger partial charge in [-0.25, -0.2) is 4.98 Å². The number of pyridine rings is 1. The van der Waals surface area contributed by atoms with E-state index in [4.69, 9.17) is 4.74 Å². The molecule has 176 valence electrons. The molecule has 4 rings (SSSR count). The molecule has 0 spiro atoms. The van der Waals surface area contributed by atoms with Crippen LogP contribution >= 0.6 is 0 Å². The van der Waals surface area contributed by atoms with Crippen LogP contribution in [0.2, 0.25) is 0 Å². The highest BCUT2D eigenvalue weighted by Gasteiger charge is 2.34. The molecule has 2 saturated heterocycles. The van der Waals surface area contributed by atoms with Gasteiger partial charge >= 0.3 is 0 Å². The van der Waals surface area contributed by atoms with Gasteiger partial charge in [-0.2, -0.15) is 0 Å². The summed E-state index contributed by atoms with van der Waals surface area (Å²) in [5, 5.41) is 2.94. The SMILES string of the molecule is COc1ccc(CN2CCNC(=O)[C@H]2CC(=O)N2CCN(c3ccccn3)CC2)c(C)c1C. The fraction of sp³-hybridized carbons (Fsp3) is 0.480. The zero-order chi connectivity index (χ0) is 23.4. The van der Waals surface area contributed by atoms with Crippen LogP contribution in [0, 0.1) is 13.8 Å². The summed E-state index contributed by atoms with van der Waals surface area (Å²) in [5.41, 5.74) is 3.43. The lowest BCUT2D eigenvalue weighted by Gasteiger charge is -2.38. The molecule has 0 saturated carbocycles. The summed E-state index contributed by atoms with van der Waals surface area (Å²) < 4.78 is 5.43. The minimum absolute atomic E-state index is 0.0327. The number of rotatable bonds is 6. The smallest absolute Gasteiger partial charge is 0.237 e. The lowest BCUT2D eigenvalue weighted by atomic mass is 10.00. The van der Waals surface area contributed by atoms with Crippen molar-refractivity contribution >= 4 is 17.6 Å². The standard InChI is InChI=1S/C25H33N5O3/c1-18-19(2)22(33-3)8-7-20(18)17-30-11-10-27-25(32)21(30)16-24(31)29-14-12-28(13-15-29)23-6-4-5-9-26-23/h4-9,21H,10-17H2,1-3H3,(H,27,32)/t21-/m1/s1. The average Bonchev–Trinajstić information content (AvgIpc) is 2.85. The molecule has 1 N–H and O–H groups in total. The highest BCUT2D eigenvalue weighted by molar-refractivity contribution is 5.89. The van der Waals surface area contributed by atoms with Crippen LogP contribution in [0.3, 0.4) is 0 Å². The molecule has 33 heavy (non-hydrogen) atoms. The van der Waals surface area contributed by atoms with Gasteiger partial charge in [0.25, 0.3) is 0 Å². The summed E-state index contributed by atoms with van der Waals surface area (Å²) >= 11 is 0. The van der Waals surface area contributed by atoms with E-state index < -0.39 is 6.04 Å². The minimum Gasteiger partial charge on any atom is -0.496 e. The van der Waals surface area contributed by atoms with Crippen molar-refractivity contribution in [3.63, 3.8) is 0 Å². The van der Waals surface area contributed by atoms with Gasteiger partial charge in [0.15, 0.2) is 0 Å². The van der Waals surface area contributed by atoms with E-state index in [1.807, 2.05) is 36.1 Å². The lowest BCUT2D eigenvalue weighted by Crippen LogP contribution is -2.57. The first-order chi connectivity index (χ1) is 16.0. The summed E-state index contributed by atoms with van der Waals surface area (Å²) in [7, 11) is 1.67. The van der Waals surface area contributed by atoms with Crippen LogP contribution in [0.1, 0.15) is 23.1 Å². The average molecular weight is 452 g/mol. The molecule has 8 nitrogen and oxygen atoms in total. The molecule has 0 bridgehead atoms. The molecule has 1 atom stereocenters. The van der Waals surface area contributed by atoms with Crippen molar-refractivity contribution in [3.8, 4) is 5.75 Å². The first-order valence-corrected chi connectivity index (χ1v) is 11.6. The number of aromatic nitrogens is 1. The van der Waals surface area contributed by atoms with Crippen molar-refractivity contribution in [3.05, 3.63) is 53.2 Å². The second-order valence-electron chi connectivity index (χ2n) is 8.71. The Kier molecular flexibility index (Phi) is 7.13. The largest absolute Gasteiger partial charge is 0.496 e. The van der Waals surface area contributed by atoms with E-state index in [9.17, 15) is 9.59 Å². The minimum atomic E-state index is -0.457. The van der Waals surface area contributed by atoms with E-state index >= 15 is 0 Å². The third-order valence-electron chi connectivity index (χ3n) is 6.86. The van der Waals surface area contributed by atoms with Crippen LogP contribution in [-0.4, -0.2) is 79.0 Å². The Hall–Kier alpha value is -3.13. The summed E-state index contributed by atoms with van der Waals surface area (Å²) in [5.74, 6) is 1.77. The number of ether oxygens (including phenoxy) is 1. The number of hydrogen-bond donors (Lipinski definition) is 1. The summed E-state index contributed by atoms with van der Waals surface area (Å²) in [6.07, 6.45) is 1.98. The molecule has 1 aromatic heterocycles. The first kappa shape index (κ1) is 23.0. The number of anilines is 1. The zero-order valence-electron chi connectivity index (χ0n) is 19.7. The molecule has 0 radical (unpaired) electrons. The maximum Gasteiger partial charge on any atom is 0.237 e. The van der Waals surface area contributed by atoms with E-state index in [0.29, 0.717) is 26.2 Å². The third-order valence-corrected chi connectivity index (χ3v) is 6.86. The Balaban J connectivity index is 1.40. The molecule has 0 aliphatic carbocycles. The monoisotopic (exact) mass is 451 g/mol. The highest BCUT2D eigenvalue weighted by Crippen LogP contribution is 2.26. The molecule has 3 heterocycles. The van der Waals surface area contributed by atoms with Gasteiger partial charge in [-0.3, -0.25) is 14.5 Å². The van der Waals surface area contributed by atoms with Crippen molar-refractivity contribution in [1.29, 1.82) is 0 Å². The van der Waals surface area contributed by atoms with Crippen molar-refractivity contribution in [2.75, 3.05) is 51.3 Å².